The lowest BCUT2D eigenvalue weighted by Gasteiger charge is -2.32. The van der Waals surface area contributed by atoms with Crippen molar-refractivity contribution in [3.63, 3.8) is 0 Å². The highest BCUT2D eigenvalue weighted by molar-refractivity contribution is 6.04. The number of hydrogen-bond acceptors (Lipinski definition) is 4. The van der Waals surface area contributed by atoms with Crippen LogP contribution < -0.4 is 15.4 Å². The number of carbonyl (C=O) groups is 2. The zero-order chi connectivity index (χ0) is 26.1. The smallest absolute Gasteiger partial charge is 0.251 e. The Bertz CT molecular complexity index is 1460. The Morgan fingerprint density at radius 2 is 1.73 bits per heavy atom. The molecule has 0 unspecified atom stereocenters. The van der Waals surface area contributed by atoms with E-state index in [-0.39, 0.29) is 11.8 Å². The largest absolute Gasteiger partial charge is 0.489 e. The second-order valence-electron chi connectivity index (χ2n) is 9.60. The van der Waals surface area contributed by atoms with Gasteiger partial charge in [0.05, 0.1) is 5.69 Å². The molecule has 2 heterocycles. The van der Waals surface area contributed by atoms with Gasteiger partial charge >= 0.3 is 0 Å². The van der Waals surface area contributed by atoms with Gasteiger partial charge < -0.3 is 15.4 Å². The van der Waals surface area contributed by atoms with Crippen molar-refractivity contribution in [3.05, 3.63) is 112 Å². The van der Waals surface area contributed by atoms with Crippen LogP contribution in [0.25, 0.3) is 0 Å². The predicted molar refractivity (Wildman–Crippen MR) is 143 cm³/mol. The summed E-state index contributed by atoms with van der Waals surface area (Å²) in [6.45, 7) is 6.37. The monoisotopic (exact) mass is 494 g/mol. The number of aromatic nitrogens is 2. The number of rotatable bonds is 6. The number of hydrogen-bond donors (Lipinski definition) is 2. The number of amides is 2. The van der Waals surface area contributed by atoms with E-state index in [1.807, 2.05) is 56.3 Å². The third-order valence-corrected chi connectivity index (χ3v) is 6.77. The minimum atomic E-state index is -0.803. The van der Waals surface area contributed by atoms with Crippen LogP contribution in [0.1, 0.15) is 49.8 Å². The fourth-order valence-electron chi connectivity index (χ4n) is 4.85. The molecule has 1 aliphatic rings. The lowest BCUT2D eigenvalue weighted by Crippen LogP contribution is -2.50. The fraction of sp³-hybridized carbons (Fsp3) is 0.233. The molecule has 1 aliphatic heterocycles. The van der Waals surface area contributed by atoms with Gasteiger partial charge in [-0.15, -0.1) is 0 Å². The zero-order valence-corrected chi connectivity index (χ0v) is 21.4. The van der Waals surface area contributed by atoms with Crippen LogP contribution in [0, 0.1) is 20.8 Å². The molecule has 0 radical (unpaired) electrons. The van der Waals surface area contributed by atoms with Gasteiger partial charge in [0.1, 0.15) is 24.2 Å². The number of carbonyl (C=O) groups excluding carboxylic acids is 2. The van der Waals surface area contributed by atoms with Gasteiger partial charge in [0, 0.05) is 24.1 Å². The van der Waals surface area contributed by atoms with Crippen LogP contribution >= 0.6 is 0 Å². The minimum Gasteiger partial charge on any atom is -0.489 e. The van der Waals surface area contributed by atoms with Crippen molar-refractivity contribution >= 4 is 17.6 Å². The first-order valence-corrected chi connectivity index (χ1v) is 12.3. The Hall–Kier alpha value is -4.39. The number of fused-ring (bicyclic) bond motifs is 1. The van der Waals surface area contributed by atoms with Crippen LogP contribution in [0.5, 0.6) is 5.75 Å². The van der Waals surface area contributed by atoms with E-state index < -0.39 is 12.0 Å². The maximum Gasteiger partial charge on any atom is 0.251 e. The van der Waals surface area contributed by atoms with Crippen molar-refractivity contribution < 1.29 is 14.3 Å². The SMILES string of the molecule is Cc1ccc(COc2ccc([C@@H]3c4c(C)nn(C)c4NC(=O)[C@H]3NC(=O)c3cccc(C)c3)cc2)cc1. The number of anilines is 1. The highest BCUT2D eigenvalue weighted by atomic mass is 16.5. The first kappa shape index (κ1) is 24.3. The molecule has 7 nitrogen and oxygen atoms in total. The van der Waals surface area contributed by atoms with Crippen molar-refractivity contribution in [1.82, 2.24) is 15.1 Å². The van der Waals surface area contributed by atoms with Crippen LogP contribution in [-0.2, 0) is 18.4 Å². The molecule has 5 rings (SSSR count). The summed E-state index contributed by atoms with van der Waals surface area (Å²) < 4.78 is 7.66. The Balaban J connectivity index is 1.44. The van der Waals surface area contributed by atoms with E-state index in [4.69, 9.17) is 4.74 Å². The van der Waals surface area contributed by atoms with E-state index in [0.717, 1.165) is 33.7 Å². The second kappa shape index (κ2) is 9.93. The summed E-state index contributed by atoms with van der Waals surface area (Å²) in [7, 11) is 1.80. The molecule has 188 valence electrons. The van der Waals surface area contributed by atoms with Crippen molar-refractivity contribution in [2.24, 2.45) is 7.05 Å². The second-order valence-corrected chi connectivity index (χ2v) is 9.60. The number of aryl methyl sites for hydroxylation is 4. The van der Waals surface area contributed by atoms with Crippen molar-refractivity contribution in [2.45, 2.75) is 39.3 Å². The molecule has 1 aromatic heterocycles. The first-order valence-electron chi connectivity index (χ1n) is 12.3. The van der Waals surface area contributed by atoms with Crippen LogP contribution in [-0.4, -0.2) is 27.6 Å². The number of nitrogens with one attached hydrogen (secondary N) is 2. The van der Waals surface area contributed by atoms with Gasteiger partial charge in [-0.25, -0.2) is 0 Å². The summed E-state index contributed by atoms with van der Waals surface area (Å²) in [4.78, 5) is 26.4. The van der Waals surface area contributed by atoms with Crippen molar-refractivity contribution in [2.75, 3.05) is 5.32 Å². The Morgan fingerprint density at radius 1 is 1.00 bits per heavy atom. The molecule has 3 aromatic carbocycles. The average molecular weight is 495 g/mol. The molecule has 0 saturated heterocycles. The Morgan fingerprint density at radius 3 is 2.43 bits per heavy atom. The van der Waals surface area contributed by atoms with Crippen LogP contribution in [0.3, 0.4) is 0 Å². The van der Waals surface area contributed by atoms with Crippen LogP contribution in [0.15, 0.2) is 72.8 Å². The normalized spacial score (nSPS) is 16.6. The molecule has 7 heteroatoms. The predicted octanol–water partition coefficient (Wildman–Crippen LogP) is 4.81. The van der Waals surface area contributed by atoms with Gasteiger partial charge in [0.25, 0.3) is 5.91 Å². The fourth-order valence-corrected chi connectivity index (χ4v) is 4.85. The molecule has 0 bridgehead atoms. The van der Waals surface area contributed by atoms with E-state index in [0.29, 0.717) is 18.0 Å². The summed E-state index contributed by atoms with van der Waals surface area (Å²) >= 11 is 0. The first-order chi connectivity index (χ1) is 17.8. The minimum absolute atomic E-state index is 0.277. The Kier molecular flexibility index (Phi) is 6.53. The quantitative estimate of drug-likeness (QED) is 0.403. The highest BCUT2D eigenvalue weighted by Crippen LogP contribution is 2.39. The van der Waals surface area contributed by atoms with Gasteiger partial charge in [-0.05, 0) is 56.2 Å². The molecule has 0 saturated carbocycles. The van der Waals surface area contributed by atoms with Crippen LogP contribution in [0.2, 0.25) is 0 Å². The van der Waals surface area contributed by atoms with Crippen molar-refractivity contribution in [3.8, 4) is 5.75 Å². The lowest BCUT2D eigenvalue weighted by molar-refractivity contribution is -0.118. The molecular weight excluding hydrogens is 464 g/mol. The molecule has 0 fully saturated rings. The maximum absolute atomic E-state index is 13.3. The topological polar surface area (TPSA) is 85.2 Å². The number of nitrogens with zero attached hydrogens (tertiary/aromatic N) is 2. The molecule has 2 amide bonds. The average Bonchev–Trinajstić information content (AvgIpc) is 3.17. The molecule has 4 aromatic rings. The molecule has 0 spiro atoms. The van der Waals surface area contributed by atoms with E-state index in [2.05, 4.69) is 46.9 Å². The molecule has 37 heavy (non-hydrogen) atoms. The Labute approximate surface area is 216 Å². The van der Waals surface area contributed by atoms with Gasteiger partial charge in [-0.2, -0.15) is 5.10 Å². The molecular formula is C30H30N4O3. The molecule has 2 atom stereocenters. The van der Waals surface area contributed by atoms with Gasteiger partial charge in [-0.3, -0.25) is 14.3 Å². The third kappa shape index (κ3) is 4.98. The van der Waals surface area contributed by atoms with Crippen molar-refractivity contribution in [1.29, 1.82) is 0 Å². The van der Waals surface area contributed by atoms with E-state index in [1.54, 1.807) is 17.8 Å². The number of benzene rings is 3. The molecule has 2 N–H and O–H groups in total. The van der Waals surface area contributed by atoms with E-state index in [1.165, 1.54) is 5.56 Å². The summed E-state index contributed by atoms with van der Waals surface area (Å²) in [6.07, 6.45) is 0. The van der Waals surface area contributed by atoms with E-state index >= 15 is 0 Å². The highest BCUT2D eigenvalue weighted by Gasteiger charge is 2.41. The zero-order valence-electron chi connectivity index (χ0n) is 21.4. The maximum atomic E-state index is 13.3. The van der Waals surface area contributed by atoms with Crippen LogP contribution in [0.4, 0.5) is 5.82 Å². The summed E-state index contributed by atoms with van der Waals surface area (Å²) in [5.41, 5.74) is 6.38. The number of ether oxygens (including phenoxy) is 1. The summed E-state index contributed by atoms with van der Waals surface area (Å²) in [6, 6.07) is 22.5. The summed E-state index contributed by atoms with van der Waals surface area (Å²) in [5, 5.41) is 10.5. The molecule has 0 aliphatic carbocycles. The standard InChI is InChI=1S/C30H30N4O3/c1-18-8-10-21(11-9-18)17-37-24-14-12-22(13-15-24)26-25-20(3)33-34(4)28(25)32-30(36)27(26)31-29(35)23-7-5-6-19(2)16-23/h5-16,26-27H,17H2,1-4H3,(H,31,35)(H,32,36)/t26-,27+/m1/s1. The third-order valence-electron chi connectivity index (χ3n) is 6.77. The van der Waals surface area contributed by atoms with Gasteiger partial charge in [0.15, 0.2) is 0 Å². The van der Waals surface area contributed by atoms with E-state index in [9.17, 15) is 9.59 Å². The van der Waals surface area contributed by atoms with Gasteiger partial charge in [-0.1, -0.05) is 59.7 Å². The lowest BCUT2D eigenvalue weighted by atomic mass is 9.82. The van der Waals surface area contributed by atoms with Gasteiger partial charge in [0.2, 0.25) is 5.91 Å². The summed E-state index contributed by atoms with van der Waals surface area (Å²) in [5.74, 6) is 0.400.